The second kappa shape index (κ2) is 15.7. The number of hydrogen-bond donors (Lipinski definition) is 0. The van der Waals surface area contributed by atoms with Crippen LogP contribution in [0.5, 0.6) is 0 Å². The molecule has 0 radical (unpaired) electrons. The van der Waals surface area contributed by atoms with Gasteiger partial charge in [-0.3, -0.25) is 0 Å². The summed E-state index contributed by atoms with van der Waals surface area (Å²) in [4.78, 5) is 0. The zero-order valence-electron chi connectivity index (χ0n) is 1.38. The third-order valence-corrected chi connectivity index (χ3v) is 0. The van der Waals surface area contributed by atoms with Crippen molar-refractivity contribution in [3.63, 3.8) is 0 Å². The Kier molecular flexibility index (Phi) is 63.2. The topological polar surface area (TPSA) is 0 Å². The van der Waals surface area contributed by atoms with Gasteiger partial charge in [0, 0.05) is 0 Å². The van der Waals surface area contributed by atoms with Crippen LogP contribution in [0.15, 0.2) is 0 Å². The molecule has 0 rings (SSSR count). The normalized spacial score (nSPS) is 1.75. The molecule has 4 heteroatoms. The fraction of sp³-hybridized carbons (Fsp3) is 0. The van der Waals surface area contributed by atoms with Crippen LogP contribution in [-0.4, -0.2) is 150 Å². The molecule has 0 aromatic carbocycles. The summed E-state index contributed by atoms with van der Waals surface area (Å²) < 4.78 is 4.83. The Morgan fingerprint density at radius 1 is 1.00 bits per heavy atom. The van der Waals surface area contributed by atoms with Crippen molar-refractivity contribution in [2.24, 2.45) is 0 Å². The molecule has 0 nitrogen and oxygen atoms in total. The average Bonchev–Trinajstić information content (AvgIpc) is 1.00. The van der Waals surface area contributed by atoms with Gasteiger partial charge in [0.15, 0.2) is 0 Å². The van der Waals surface area contributed by atoms with Crippen LogP contribution in [0.3, 0.4) is 0 Å². The molecule has 0 bridgehead atoms. The van der Waals surface area contributed by atoms with Gasteiger partial charge in [0.05, 0.1) is 0 Å². The second-order valence-corrected chi connectivity index (χ2v) is 0. The Morgan fingerprint density at radius 3 is 1.00 bits per heavy atom. The molecule has 0 aliphatic heterocycles. The molecule has 0 aliphatic rings. The molecule has 0 amide bonds. The van der Waals surface area contributed by atoms with Crippen LogP contribution in [-0.2, 0) is 0 Å². The molecule has 0 aromatic heterocycles. The van der Waals surface area contributed by atoms with Crippen molar-refractivity contribution in [2.75, 3.05) is 0 Å². The summed E-state index contributed by atoms with van der Waals surface area (Å²) in [5, 5.41) is 0. The van der Waals surface area contributed by atoms with Gasteiger partial charge in [0.25, 0.3) is 0 Å². The van der Waals surface area contributed by atoms with E-state index in [0.717, 1.165) is 0 Å². The van der Waals surface area contributed by atoms with E-state index in [1.54, 1.807) is 0 Å². The van der Waals surface area contributed by atoms with E-state index in [2.05, 4.69) is 0 Å². The summed E-state index contributed by atoms with van der Waals surface area (Å²) in [7, 11) is 0. The molecule has 0 saturated carbocycles. The first-order valence-corrected chi connectivity index (χ1v) is 4.68. The molecule has 0 atom stereocenters. The quantitative estimate of drug-likeness (QED) is 0.394. The summed E-state index contributed by atoms with van der Waals surface area (Å²) in [6.07, 6.45) is 0. The van der Waals surface area contributed by atoms with Crippen LogP contribution < -0.4 is 0 Å². The van der Waals surface area contributed by atoms with E-state index in [-0.39, 0.29) is 103 Å². The molecule has 0 fully saturated rings. The van der Waals surface area contributed by atoms with Crippen molar-refractivity contribution in [2.45, 2.75) is 0 Å². The van der Waals surface area contributed by atoms with E-state index in [1.165, 1.54) is 0 Å². The van der Waals surface area contributed by atoms with Crippen LogP contribution in [0.4, 0.5) is 0 Å². The van der Waals surface area contributed by atoms with Gasteiger partial charge in [-0.15, -0.1) is 0 Å². The van der Waals surface area contributed by atoms with Gasteiger partial charge < -0.3 is 0 Å². The van der Waals surface area contributed by atoms with Crippen molar-refractivity contribution < 1.29 is 0 Å². The van der Waals surface area contributed by atoms with Gasteiger partial charge in [-0.25, -0.2) is 0 Å². The van der Waals surface area contributed by atoms with Crippen molar-refractivity contribution in [3.8, 4) is 0 Å². The first kappa shape index (κ1) is 16.1. The molecule has 4 heavy (non-hydrogen) atoms. The SMILES string of the molecule is [Cl][K].[KH].[KH]. The Morgan fingerprint density at radius 2 is 1.00 bits per heavy atom. The van der Waals surface area contributed by atoms with E-state index in [9.17, 15) is 0 Å². The average molecular weight is 155 g/mol. The first-order chi connectivity index (χ1) is 1.00. The maximum absolute atomic E-state index is 4.83. The molecule has 0 heterocycles. The minimum absolute atomic E-state index is 0. The molecule has 0 saturated heterocycles. The zero-order chi connectivity index (χ0) is 2.00. The van der Waals surface area contributed by atoms with E-state index in [4.69, 9.17) is 3.76 Å². The Balaban J connectivity index is -0.00000000500. The van der Waals surface area contributed by atoms with Crippen LogP contribution in [0, 0.1) is 0 Å². The Hall–Kier alpha value is 5.20. The summed E-state index contributed by atoms with van der Waals surface area (Å²) >= 11 is 0.535. The molecule has 0 unspecified atom stereocenters. The summed E-state index contributed by atoms with van der Waals surface area (Å²) in [5.41, 5.74) is 0. The second-order valence-electron chi connectivity index (χ2n) is 0. The van der Waals surface area contributed by atoms with Crippen molar-refractivity contribution in [1.29, 1.82) is 0 Å². The van der Waals surface area contributed by atoms with Crippen LogP contribution in [0.2, 0.25) is 0 Å². The summed E-state index contributed by atoms with van der Waals surface area (Å²) in [6.45, 7) is 0. The molecule has 0 aliphatic carbocycles. The third kappa shape index (κ3) is 10.2. The van der Waals surface area contributed by atoms with E-state index in [0.29, 0.717) is 47.1 Å². The molecular weight excluding hydrogens is 153 g/mol. The summed E-state index contributed by atoms with van der Waals surface area (Å²) in [5.74, 6) is 0. The zero-order valence-corrected chi connectivity index (χ0v) is 5.26. The van der Waals surface area contributed by atoms with Crippen LogP contribution in [0.25, 0.3) is 0 Å². The fourth-order valence-corrected chi connectivity index (χ4v) is 0. The predicted molar refractivity (Wildman–Crippen MR) is 25.9 cm³/mol. The molecular formula is H2ClK3. The summed E-state index contributed by atoms with van der Waals surface area (Å²) in [6, 6.07) is 0. The standard InChI is InChI=1S/ClH.3K.2H/h1H;;;;;/q;;;+1;;/p-1. The van der Waals surface area contributed by atoms with E-state index >= 15 is 0 Å². The molecule has 12 valence electrons. The predicted octanol–water partition coefficient (Wildman–Crippen LogP) is -0.988. The minimum atomic E-state index is 0. The maximum atomic E-state index is 4.83. The van der Waals surface area contributed by atoms with Crippen molar-refractivity contribution in [1.82, 2.24) is 0 Å². The van der Waals surface area contributed by atoms with Gasteiger partial charge in [-0.05, 0) is 0 Å². The molecule has 0 aromatic rings. The van der Waals surface area contributed by atoms with Gasteiger partial charge in [-0.2, -0.15) is 0 Å². The third-order valence-electron chi connectivity index (χ3n) is 0. The van der Waals surface area contributed by atoms with Gasteiger partial charge in [-0.1, -0.05) is 0 Å². The number of rotatable bonds is 0. The Labute approximate surface area is 147 Å². The van der Waals surface area contributed by atoms with Gasteiger partial charge >= 0.3 is 154 Å². The molecule has 0 N–H and O–H groups in total. The monoisotopic (exact) mass is 154 g/mol. The fourth-order valence-electron chi connectivity index (χ4n) is 0. The number of hydrogen-bond acceptors (Lipinski definition) is 0. The van der Waals surface area contributed by atoms with Crippen LogP contribution >= 0.6 is 3.76 Å². The van der Waals surface area contributed by atoms with Crippen molar-refractivity contribution >= 4 is 154 Å². The Bertz CT molecular complexity index is 3.25. The number of halogens is 1. The van der Waals surface area contributed by atoms with Gasteiger partial charge in [0.2, 0.25) is 0 Å². The van der Waals surface area contributed by atoms with Gasteiger partial charge in [0.1, 0.15) is 0 Å². The van der Waals surface area contributed by atoms with E-state index in [1.807, 2.05) is 0 Å². The first-order valence-electron chi connectivity index (χ1n) is 0.378. The van der Waals surface area contributed by atoms with Crippen LogP contribution in [0.1, 0.15) is 0 Å². The van der Waals surface area contributed by atoms with Crippen molar-refractivity contribution in [3.05, 3.63) is 0 Å². The van der Waals surface area contributed by atoms with E-state index < -0.39 is 0 Å². The molecule has 0 spiro atoms.